The molecule has 126 valence electrons. The lowest BCUT2D eigenvalue weighted by Crippen LogP contribution is -2.14. The first-order valence-corrected chi connectivity index (χ1v) is 7.10. The fourth-order valence-electron chi connectivity index (χ4n) is 1.87. The highest BCUT2D eigenvalue weighted by atomic mass is 32.1. The van der Waals surface area contributed by atoms with Gasteiger partial charge in [-0.1, -0.05) is 5.10 Å². The standard InChI is InChI=1S/C12H11N5O6S/c1-4-7(12(20)23-2)11(24-8(4)9(13)18)14-10(19)5-3-6(16-15-5)17(21)22/h3H,1-2H3,(H2,13,18)(H,14,19)(H,15,16). The maximum absolute atomic E-state index is 12.1. The molecule has 0 saturated heterocycles. The second kappa shape index (κ2) is 6.45. The molecule has 0 unspecified atom stereocenters. The summed E-state index contributed by atoms with van der Waals surface area (Å²) < 4.78 is 4.63. The van der Waals surface area contributed by atoms with E-state index >= 15 is 0 Å². The molecule has 2 rings (SSSR count). The first kappa shape index (κ1) is 17.1. The average molecular weight is 353 g/mol. The van der Waals surface area contributed by atoms with E-state index in [-0.39, 0.29) is 26.7 Å². The summed E-state index contributed by atoms with van der Waals surface area (Å²) in [5.74, 6) is -2.80. The Balaban J connectivity index is 2.38. The molecule has 11 nitrogen and oxygen atoms in total. The van der Waals surface area contributed by atoms with Gasteiger partial charge in [0, 0.05) is 0 Å². The Labute approximate surface area is 137 Å². The van der Waals surface area contributed by atoms with Gasteiger partial charge in [-0.15, -0.1) is 16.4 Å². The zero-order valence-electron chi connectivity index (χ0n) is 12.4. The monoisotopic (exact) mass is 353 g/mol. The number of carbonyl (C=O) groups excluding carboxylic acids is 3. The number of anilines is 1. The van der Waals surface area contributed by atoms with Crippen LogP contribution < -0.4 is 11.1 Å². The van der Waals surface area contributed by atoms with Crippen LogP contribution in [0, 0.1) is 17.0 Å². The number of primary amides is 1. The van der Waals surface area contributed by atoms with Crippen LogP contribution in [0.15, 0.2) is 6.07 Å². The van der Waals surface area contributed by atoms with Crippen LogP contribution in [0.4, 0.5) is 10.8 Å². The number of aromatic amines is 1. The molecule has 2 aromatic rings. The molecule has 0 aliphatic carbocycles. The van der Waals surface area contributed by atoms with E-state index in [0.717, 1.165) is 24.5 Å². The minimum absolute atomic E-state index is 0.0188. The fourth-order valence-corrected chi connectivity index (χ4v) is 2.92. The highest BCUT2D eigenvalue weighted by Crippen LogP contribution is 2.33. The summed E-state index contributed by atoms with van der Waals surface area (Å²) in [5, 5.41) is 18.6. The first-order chi connectivity index (χ1) is 11.3. The predicted molar refractivity (Wildman–Crippen MR) is 82.1 cm³/mol. The number of methoxy groups -OCH3 is 1. The lowest BCUT2D eigenvalue weighted by atomic mass is 10.1. The number of carbonyl (C=O) groups is 3. The molecule has 0 saturated carbocycles. The van der Waals surface area contributed by atoms with Crippen molar-refractivity contribution in [3.05, 3.63) is 37.9 Å². The van der Waals surface area contributed by atoms with E-state index in [1.807, 2.05) is 0 Å². The number of ether oxygens (including phenoxy) is 1. The van der Waals surface area contributed by atoms with Crippen molar-refractivity contribution < 1.29 is 24.0 Å². The second-order valence-electron chi connectivity index (χ2n) is 4.47. The molecule has 0 aliphatic heterocycles. The third kappa shape index (κ3) is 3.08. The molecular formula is C12H11N5O6S. The molecule has 2 aromatic heterocycles. The maximum Gasteiger partial charge on any atom is 0.343 e. The molecule has 0 radical (unpaired) electrons. The Morgan fingerprint density at radius 3 is 2.62 bits per heavy atom. The van der Waals surface area contributed by atoms with Crippen LogP contribution in [0.25, 0.3) is 0 Å². The van der Waals surface area contributed by atoms with Gasteiger partial charge in [-0.3, -0.25) is 9.59 Å². The summed E-state index contributed by atoms with van der Waals surface area (Å²) in [4.78, 5) is 45.3. The Morgan fingerprint density at radius 2 is 2.12 bits per heavy atom. The van der Waals surface area contributed by atoms with Gasteiger partial charge in [0.1, 0.15) is 5.00 Å². The molecule has 4 N–H and O–H groups in total. The second-order valence-corrected chi connectivity index (χ2v) is 5.49. The summed E-state index contributed by atoms with van der Waals surface area (Å²) >= 11 is 0.795. The van der Waals surface area contributed by atoms with Gasteiger partial charge in [-0.05, 0) is 17.4 Å². The highest BCUT2D eigenvalue weighted by Gasteiger charge is 2.26. The van der Waals surface area contributed by atoms with Crippen molar-refractivity contribution in [2.45, 2.75) is 6.92 Å². The lowest BCUT2D eigenvalue weighted by molar-refractivity contribution is -0.389. The number of hydrogen-bond donors (Lipinski definition) is 3. The van der Waals surface area contributed by atoms with Gasteiger partial charge in [0.05, 0.1) is 23.6 Å². The number of aromatic nitrogens is 2. The molecular weight excluding hydrogens is 342 g/mol. The Bertz CT molecular complexity index is 854. The third-order valence-corrected chi connectivity index (χ3v) is 4.20. The van der Waals surface area contributed by atoms with Crippen LogP contribution >= 0.6 is 11.3 Å². The normalized spacial score (nSPS) is 10.2. The fraction of sp³-hybridized carbons (Fsp3) is 0.167. The van der Waals surface area contributed by atoms with Crippen molar-refractivity contribution in [2.75, 3.05) is 12.4 Å². The van der Waals surface area contributed by atoms with E-state index in [2.05, 4.69) is 20.3 Å². The number of esters is 1. The number of nitrogens with two attached hydrogens (primary N) is 1. The van der Waals surface area contributed by atoms with Crippen LogP contribution in [-0.4, -0.2) is 40.0 Å². The van der Waals surface area contributed by atoms with E-state index in [1.54, 1.807) is 0 Å². The Kier molecular flexibility index (Phi) is 4.59. The number of rotatable bonds is 5. The molecule has 2 heterocycles. The average Bonchev–Trinajstić information content (AvgIpc) is 3.12. The van der Waals surface area contributed by atoms with Gasteiger partial charge in [-0.2, -0.15) is 0 Å². The van der Waals surface area contributed by atoms with Crippen LogP contribution in [0.5, 0.6) is 0 Å². The molecule has 24 heavy (non-hydrogen) atoms. The minimum atomic E-state index is -0.804. The SMILES string of the molecule is COC(=O)c1c(NC(=O)c2cc([N+](=O)[O-])[nH]n2)sc(C(N)=O)c1C. The van der Waals surface area contributed by atoms with Gasteiger partial charge in [-0.25, -0.2) is 4.79 Å². The molecule has 0 spiro atoms. The molecule has 2 amide bonds. The number of nitro groups is 1. The van der Waals surface area contributed by atoms with Gasteiger partial charge in [0.15, 0.2) is 5.69 Å². The van der Waals surface area contributed by atoms with Crippen LogP contribution in [0.3, 0.4) is 0 Å². The number of nitrogens with zero attached hydrogens (tertiary/aromatic N) is 2. The van der Waals surface area contributed by atoms with E-state index in [9.17, 15) is 24.5 Å². The van der Waals surface area contributed by atoms with Crippen LogP contribution in [-0.2, 0) is 4.74 Å². The van der Waals surface area contributed by atoms with Crippen molar-refractivity contribution in [1.82, 2.24) is 10.2 Å². The van der Waals surface area contributed by atoms with Gasteiger partial charge in [0.25, 0.3) is 11.8 Å². The van der Waals surface area contributed by atoms with Crippen molar-refractivity contribution in [3.63, 3.8) is 0 Å². The van der Waals surface area contributed by atoms with Gasteiger partial charge in [0.2, 0.25) is 0 Å². The van der Waals surface area contributed by atoms with Crippen LogP contribution in [0.1, 0.15) is 36.1 Å². The largest absolute Gasteiger partial charge is 0.465 e. The summed E-state index contributed by atoms with van der Waals surface area (Å²) in [6.45, 7) is 1.48. The molecule has 0 bridgehead atoms. The van der Waals surface area contributed by atoms with Crippen molar-refractivity contribution >= 4 is 39.9 Å². The Hall–Kier alpha value is -3.28. The molecule has 0 aromatic carbocycles. The summed E-state index contributed by atoms with van der Waals surface area (Å²) in [5.41, 5.74) is 5.22. The number of amides is 2. The number of hydrogen-bond acceptors (Lipinski definition) is 8. The van der Waals surface area contributed by atoms with E-state index in [1.165, 1.54) is 6.92 Å². The minimum Gasteiger partial charge on any atom is -0.465 e. The number of nitrogens with one attached hydrogen (secondary N) is 2. The van der Waals surface area contributed by atoms with Gasteiger partial charge < -0.3 is 25.9 Å². The first-order valence-electron chi connectivity index (χ1n) is 6.28. The lowest BCUT2D eigenvalue weighted by Gasteiger charge is -2.04. The van der Waals surface area contributed by atoms with E-state index in [4.69, 9.17) is 5.73 Å². The molecule has 0 fully saturated rings. The van der Waals surface area contributed by atoms with Crippen molar-refractivity contribution in [2.24, 2.45) is 5.73 Å². The van der Waals surface area contributed by atoms with Crippen molar-refractivity contribution in [1.29, 1.82) is 0 Å². The number of H-pyrrole nitrogens is 1. The zero-order valence-corrected chi connectivity index (χ0v) is 13.2. The molecule has 12 heteroatoms. The molecule has 0 atom stereocenters. The van der Waals surface area contributed by atoms with Crippen LogP contribution in [0.2, 0.25) is 0 Å². The maximum atomic E-state index is 12.1. The summed E-state index contributed by atoms with van der Waals surface area (Å²) in [6, 6.07) is 0.933. The summed E-state index contributed by atoms with van der Waals surface area (Å²) in [6.07, 6.45) is 0. The predicted octanol–water partition coefficient (Wildman–Crippen LogP) is 0.826. The quantitative estimate of drug-likeness (QED) is 0.406. The topological polar surface area (TPSA) is 170 Å². The molecule has 0 aliphatic rings. The van der Waals surface area contributed by atoms with E-state index in [0.29, 0.717) is 0 Å². The van der Waals surface area contributed by atoms with E-state index < -0.39 is 28.5 Å². The van der Waals surface area contributed by atoms with Crippen molar-refractivity contribution in [3.8, 4) is 0 Å². The zero-order chi connectivity index (χ0) is 18.0. The smallest absolute Gasteiger partial charge is 0.343 e. The highest BCUT2D eigenvalue weighted by molar-refractivity contribution is 7.18. The van der Waals surface area contributed by atoms with Gasteiger partial charge >= 0.3 is 11.8 Å². The third-order valence-electron chi connectivity index (χ3n) is 2.98. The number of thiophene rings is 1. The Morgan fingerprint density at radius 1 is 1.46 bits per heavy atom. The summed E-state index contributed by atoms with van der Waals surface area (Å²) in [7, 11) is 1.14.